The second-order valence-corrected chi connectivity index (χ2v) is 8.50. The zero-order valence-electron chi connectivity index (χ0n) is 17.1. The van der Waals surface area contributed by atoms with Crippen LogP contribution in [-0.2, 0) is 11.3 Å². The van der Waals surface area contributed by atoms with Gasteiger partial charge in [-0.3, -0.25) is 9.89 Å². The zero-order chi connectivity index (χ0) is 19.9. The quantitative estimate of drug-likeness (QED) is 0.326. The highest BCUT2D eigenvalue weighted by molar-refractivity contribution is 14.0. The van der Waals surface area contributed by atoms with Gasteiger partial charge in [-0.2, -0.15) is 0 Å². The highest BCUT2D eigenvalue weighted by Crippen LogP contribution is 2.23. The third-order valence-corrected chi connectivity index (χ3v) is 6.23. The largest absolute Gasteiger partial charge is 0.379 e. The van der Waals surface area contributed by atoms with Crippen molar-refractivity contribution in [3.63, 3.8) is 0 Å². The number of aryl methyl sites for hydroxylation is 2. The standard InChI is InChI=1S/C20H28ClN5OS.HI/c1-14-15(2)28-19(25-14)13-24-20(22-3)23-12-18(26-8-10-27-11-9-26)16-4-6-17(21)7-5-16;/h4-7,18H,8-13H2,1-3H3,(H2,22,23,24);1H. The molecular formula is C20H29ClIN5OS. The lowest BCUT2D eigenvalue weighted by Gasteiger charge is -2.35. The fourth-order valence-electron chi connectivity index (χ4n) is 3.22. The number of ether oxygens (including phenoxy) is 1. The van der Waals surface area contributed by atoms with E-state index in [1.54, 1.807) is 18.4 Å². The SMILES string of the molecule is CN=C(NCc1nc(C)c(C)s1)NCC(c1ccc(Cl)cc1)N1CCOCC1.I. The monoisotopic (exact) mass is 549 g/mol. The number of thiazole rings is 1. The van der Waals surface area contributed by atoms with E-state index in [9.17, 15) is 0 Å². The van der Waals surface area contributed by atoms with Crippen molar-refractivity contribution in [2.45, 2.75) is 26.4 Å². The maximum Gasteiger partial charge on any atom is 0.191 e. The van der Waals surface area contributed by atoms with Crippen LogP contribution in [0.1, 0.15) is 27.2 Å². The number of hydrogen-bond acceptors (Lipinski definition) is 5. The molecule has 2 heterocycles. The van der Waals surface area contributed by atoms with Crippen molar-refractivity contribution in [1.82, 2.24) is 20.5 Å². The van der Waals surface area contributed by atoms with Crippen LogP contribution in [0.4, 0.5) is 0 Å². The lowest BCUT2D eigenvalue weighted by Crippen LogP contribution is -2.46. The number of rotatable bonds is 6. The Morgan fingerprint density at radius 3 is 2.52 bits per heavy atom. The number of nitrogens with one attached hydrogen (secondary N) is 2. The molecule has 0 spiro atoms. The van der Waals surface area contributed by atoms with Gasteiger partial charge < -0.3 is 15.4 Å². The summed E-state index contributed by atoms with van der Waals surface area (Å²) < 4.78 is 5.53. The Morgan fingerprint density at radius 1 is 1.24 bits per heavy atom. The van der Waals surface area contributed by atoms with Crippen LogP contribution in [0.3, 0.4) is 0 Å². The third-order valence-electron chi connectivity index (χ3n) is 4.91. The van der Waals surface area contributed by atoms with E-state index >= 15 is 0 Å². The number of hydrogen-bond donors (Lipinski definition) is 2. The van der Waals surface area contributed by atoms with Gasteiger partial charge in [0.25, 0.3) is 0 Å². The molecule has 1 fully saturated rings. The van der Waals surface area contributed by atoms with Crippen molar-refractivity contribution in [1.29, 1.82) is 0 Å². The number of aliphatic imine (C=N–C) groups is 1. The van der Waals surface area contributed by atoms with Crippen molar-refractivity contribution < 1.29 is 4.74 Å². The van der Waals surface area contributed by atoms with E-state index in [-0.39, 0.29) is 30.0 Å². The molecule has 2 aromatic rings. The predicted octanol–water partition coefficient (Wildman–Crippen LogP) is 3.77. The van der Waals surface area contributed by atoms with Crippen LogP contribution in [0, 0.1) is 13.8 Å². The van der Waals surface area contributed by atoms with Crippen LogP contribution in [-0.4, -0.2) is 55.7 Å². The molecule has 1 aliphatic heterocycles. The van der Waals surface area contributed by atoms with Crippen LogP contribution in [0.15, 0.2) is 29.3 Å². The average Bonchev–Trinajstić information content (AvgIpc) is 3.04. The first-order valence-electron chi connectivity index (χ1n) is 9.51. The Bertz CT molecular complexity index is 773. The molecule has 0 amide bonds. The Kier molecular flexibility index (Phi) is 10.1. The number of aromatic nitrogens is 1. The van der Waals surface area contributed by atoms with Gasteiger partial charge in [0.05, 0.1) is 31.5 Å². The molecule has 3 rings (SSSR count). The maximum atomic E-state index is 6.08. The Hall–Kier alpha value is -0.940. The normalized spacial score (nSPS) is 16.2. The molecule has 160 valence electrons. The smallest absolute Gasteiger partial charge is 0.191 e. The summed E-state index contributed by atoms with van der Waals surface area (Å²) in [7, 11) is 1.79. The van der Waals surface area contributed by atoms with Crippen molar-refractivity contribution >= 4 is 52.9 Å². The molecule has 29 heavy (non-hydrogen) atoms. The number of halogens is 2. The van der Waals surface area contributed by atoms with Gasteiger partial charge in [0.15, 0.2) is 5.96 Å². The number of morpholine rings is 1. The summed E-state index contributed by atoms with van der Waals surface area (Å²) >= 11 is 7.80. The van der Waals surface area contributed by atoms with Crippen LogP contribution >= 0.6 is 46.9 Å². The van der Waals surface area contributed by atoms with Crippen molar-refractivity contribution in [3.8, 4) is 0 Å². The molecule has 1 unspecified atom stereocenters. The van der Waals surface area contributed by atoms with Crippen molar-refractivity contribution in [3.05, 3.63) is 50.4 Å². The minimum Gasteiger partial charge on any atom is -0.379 e. The summed E-state index contributed by atoms with van der Waals surface area (Å²) in [5.41, 5.74) is 2.33. The molecule has 0 bridgehead atoms. The molecule has 0 radical (unpaired) electrons. The molecule has 2 N–H and O–H groups in total. The molecule has 0 saturated carbocycles. The number of benzene rings is 1. The Morgan fingerprint density at radius 2 is 1.93 bits per heavy atom. The molecule has 9 heteroatoms. The fraction of sp³-hybridized carbons (Fsp3) is 0.500. The molecule has 1 atom stereocenters. The van der Waals surface area contributed by atoms with Crippen LogP contribution in [0.25, 0.3) is 0 Å². The maximum absolute atomic E-state index is 6.08. The summed E-state index contributed by atoms with van der Waals surface area (Å²) in [6.45, 7) is 8.92. The van der Waals surface area contributed by atoms with Gasteiger partial charge in [0.2, 0.25) is 0 Å². The minimum absolute atomic E-state index is 0. The van der Waals surface area contributed by atoms with E-state index in [1.165, 1.54) is 10.4 Å². The Labute approximate surface area is 199 Å². The van der Waals surface area contributed by atoms with Gasteiger partial charge in [-0.1, -0.05) is 23.7 Å². The molecule has 0 aliphatic carbocycles. The van der Waals surface area contributed by atoms with E-state index in [4.69, 9.17) is 16.3 Å². The van der Waals surface area contributed by atoms with Crippen LogP contribution in [0.2, 0.25) is 5.02 Å². The lowest BCUT2D eigenvalue weighted by atomic mass is 10.0. The number of guanidine groups is 1. The van der Waals surface area contributed by atoms with Crippen LogP contribution in [0.5, 0.6) is 0 Å². The Balaban J connectivity index is 0.00000300. The topological polar surface area (TPSA) is 61.8 Å². The summed E-state index contributed by atoms with van der Waals surface area (Å²) in [6.07, 6.45) is 0. The van der Waals surface area contributed by atoms with E-state index in [0.717, 1.165) is 54.5 Å². The van der Waals surface area contributed by atoms with E-state index in [0.29, 0.717) is 6.54 Å². The minimum atomic E-state index is 0. The molecule has 1 aromatic heterocycles. The summed E-state index contributed by atoms with van der Waals surface area (Å²) in [6, 6.07) is 8.32. The summed E-state index contributed by atoms with van der Waals surface area (Å²) in [4.78, 5) is 12.6. The van der Waals surface area contributed by atoms with E-state index in [1.807, 2.05) is 19.1 Å². The fourth-order valence-corrected chi connectivity index (χ4v) is 4.22. The molecule has 1 aromatic carbocycles. The van der Waals surface area contributed by atoms with Gasteiger partial charge in [-0.05, 0) is 31.5 Å². The lowest BCUT2D eigenvalue weighted by molar-refractivity contribution is 0.0170. The second kappa shape index (κ2) is 12.0. The van der Waals surface area contributed by atoms with E-state index < -0.39 is 0 Å². The number of nitrogens with zero attached hydrogens (tertiary/aromatic N) is 3. The van der Waals surface area contributed by atoms with Gasteiger partial charge >= 0.3 is 0 Å². The second-order valence-electron chi connectivity index (χ2n) is 6.77. The van der Waals surface area contributed by atoms with Crippen molar-refractivity contribution in [2.24, 2.45) is 4.99 Å². The first kappa shape index (κ1) is 24.3. The molecule has 1 saturated heterocycles. The summed E-state index contributed by atoms with van der Waals surface area (Å²) in [5.74, 6) is 0.776. The van der Waals surface area contributed by atoms with Gasteiger partial charge in [0.1, 0.15) is 5.01 Å². The van der Waals surface area contributed by atoms with Gasteiger partial charge in [-0.15, -0.1) is 35.3 Å². The molecular weight excluding hydrogens is 521 g/mol. The first-order chi connectivity index (χ1) is 13.6. The summed E-state index contributed by atoms with van der Waals surface area (Å²) in [5, 5.41) is 8.66. The van der Waals surface area contributed by atoms with Crippen molar-refractivity contribution in [2.75, 3.05) is 39.9 Å². The highest BCUT2D eigenvalue weighted by atomic mass is 127. The average molecular weight is 550 g/mol. The van der Waals surface area contributed by atoms with Gasteiger partial charge in [-0.25, -0.2) is 4.98 Å². The van der Waals surface area contributed by atoms with Crippen LogP contribution < -0.4 is 10.6 Å². The zero-order valence-corrected chi connectivity index (χ0v) is 21.0. The van der Waals surface area contributed by atoms with Gasteiger partial charge in [0, 0.05) is 36.6 Å². The molecule has 1 aliphatic rings. The third kappa shape index (κ3) is 7.06. The highest BCUT2D eigenvalue weighted by Gasteiger charge is 2.23. The van der Waals surface area contributed by atoms with E-state index in [2.05, 4.69) is 44.6 Å². The predicted molar refractivity (Wildman–Crippen MR) is 132 cm³/mol. The molecule has 6 nitrogen and oxygen atoms in total. The first-order valence-corrected chi connectivity index (χ1v) is 10.7.